The number of hydrogen-bond acceptors (Lipinski definition) is 1. The number of rotatable bonds is 30. The molecule has 0 saturated heterocycles. The van der Waals surface area contributed by atoms with E-state index >= 15 is 0 Å². The maximum atomic E-state index is 2.42. The van der Waals surface area contributed by atoms with Gasteiger partial charge in [0.25, 0.3) is 0 Å². The molecule has 0 aromatic carbocycles. The van der Waals surface area contributed by atoms with Gasteiger partial charge in [-0.2, -0.15) is 0 Å². The standard InChI is InChI=1S/C36H68S/c1-3-5-7-9-11-13-15-17-19-21-23-25-27-29-31-35-33-34-37-36(35)32-30-28-26-24-22-20-18-16-14-12-10-8-6-4-2/h33-34H,3-32H2,1-2H3. The summed E-state index contributed by atoms with van der Waals surface area (Å²) in [4.78, 5) is 1.70. The first-order valence-electron chi connectivity index (χ1n) is 17.4. The van der Waals surface area contributed by atoms with Gasteiger partial charge < -0.3 is 0 Å². The van der Waals surface area contributed by atoms with Crippen molar-refractivity contribution in [1.82, 2.24) is 0 Å². The molecule has 218 valence electrons. The van der Waals surface area contributed by atoms with E-state index in [0.29, 0.717) is 0 Å². The van der Waals surface area contributed by atoms with Crippen molar-refractivity contribution in [2.45, 2.75) is 206 Å². The second kappa shape index (κ2) is 28.7. The third kappa shape index (κ3) is 23.3. The van der Waals surface area contributed by atoms with Gasteiger partial charge in [0, 0.05) is 4.88 Å². The van der Waals surface area contributed by atoms with E-state index in [2.05, 4.69) is 25.3 Å². The van der Waals surface area contributed by atoms with Crippen LogP contribution in [0.15, 0.2) is 11.4 Å². The van der Waals surface area contributed by atoms with Crippen LogP contribution in [0.1, 0.15) is 204 Å². The van der Waals surface area contributed by atoms with Gasteiger partial charge in [0.2, 0.25) is 0 Å². The van der Waals surface area contributed by atoms with Gasteiger partial charge in [-0.25, -0.2) is 0 Å². The van der Waals surface area contributed by atoms with Crippen LogP contribution in [-0.4, -0.2) is 0 Å². The van der Waals surface area contributed by atoms with Crippen molar-refractivity contribution in [3.63, 3.8) is 0 Å². The van der Waals surface area contributed by atoms with Crippen LogP contribution < -0.4 is 0 Å². The van der Waals surface area contributed by atoms with Crippen LogP contribution in [0, 0.1) is 0 Å². The summed E-state index contributed by atoms with van der Waals surface area (Å²) in [7, 11) is 0. The van der Waals surface area contributed by atoms with E-state index in [1.165, 1.54) is 193 Å². The van der Waals surface area contributed by atoms with Crippen molar-refractivity contribution in [2.24, 2.45) is 0 Å². The summed E-state index contributed by atoms with van der Waals surface area (Å²) in [6.07, 6.45) is 43.4. The van der Waals surface area contributed by atoms with Crippen LogP contribution in [0.4, 0.5) is 0 Å². The fourth-order valence-corrected chi connectivity index (χ4v) is 6.78. The lowest BCUT2D eigenvalue weighted by molar-refractivity contribution is 0.534. The van der Waals surface area contributed by atoms with Gasteiger partial charge in [-0.15, -0.1) is 11.3 Å². The SMILES string of the molecule is CCCCCCCCCCCCCCCCc1ccsc1CCCCCCCCCCCCCCCC. The zero-order valence-electron chi connectivity index (χ0n) is 25.8. The zero-order valence-corrected chi connectivity index (χ0v) is 26.6. The summed E-state index contributed by atoms with van der Waals surface area (Å²) < 4.78 is 0. The fraction of sp³-hybridized carbons (Fsp3) is 0.889. The molecule has 0 spiro atoms. The van der Waals surface area contributed by atoms with E-state index in [1.54, 1.807) is 10.4 Å². The maximum absolute atomic E-state index is 2.42. The molecule has 1 heterocycles. The van der Waals surface area contributed by atoms with Gasteiger partial charge in [0.05, 0.1) is 0 Å². The highest BCUT2D eigenvalue weighted by Crippen LogP contribution is 2.23. The highest BCUT2D eigenvalue weighted by atomic mass is 32.1. The molecule has 0 aliphatic heterocycles. The molecule has 0 fully saturated rings. The monoisotopic (exact) mass is 533 g/mol. The molecule has 1 rings (SSSR count). The largest absolute Gasteiger partial charge is 0.149 e. The second-order valence-electron chi connectivity index (χ2n) is 12.1. The molecular formula is C36H68S. The minimum absolute atomic E-state index is 1.33. The van der Waals surface area contributed by atoms with Crippen molar-refractivity contribution in [2.75, 3.05) is 0 Å². The lowest BCUT2D eigenvalue weighted by Crippen LogP contribution is -1.91. The van der Waals surface area contributed by atoms with Crippen molar-refractivity contribution < 1.29 is 0 Å². The van der Waals surface area contributed by atoms with E-state index in [4.69, 9.17) is 0 Å². The summed E-state index contributed by atoms with van der Waals surface area (Å²) in [5.41, 5.74) is 1.68. The Balaban J connectivity index is 1.85. The number of unbranched alkanes of at least 4 members (excludes halogenated alkanes) is 26. The predicted molar refractivity (Wildman–Crippen MR) is 172 cm³/mol. The molecular weight excluding hydrogens is 464 g/mol. The van der Waals surface area contributed by atoms with E-state index < -0.39 is 0 Å². The van der Waals surface area contributed by atoms with Gasteiger partial charge in [-0.3, -0.25) is 0 Å². The normalized spacial score (nSPS) is 11.5. The number of hydrogen-bond donors (Lipinski definition) is 0. The Morgan fingerprint density at radius 3 is 1.03 bits per heavy atom. The highest BCUT2D eigenvalue weighted by molar-refractivity contribution is 7.10. The molecule has 0 aliphatic rings. The van der Waals surface area contributed by atoms with Crippen LogP contribution in [0.5, 0.6) is 0 Å². The molecule has 1 aromatic rings. The quantitative estimate of drug-likeness (QED) is 0.0864. The molecule has 0 atom stereocenters. The minimum Gasteiger partial charge on any atom is -0.149 e. The summed E-state index contributed by atoms with van der Waals surface area (Å²) >= 11 is 2.02. The maximum Gasteiger partial charge on any atom is 0.00772 e. The molecule has 0 bridgehead atoms. The Morgan fingerprint density at radius 1 is 0.378 bits per heavy atom. The van der Waals surface area contributed by atoms with Crippen molar-refractivity contribution in [3.8, 4) is 0 Å². The molecule has 0 radical (unpaired) electrons. The van der Waals surface area contributed by atoms with Gasteiger partial charge in [0.1, 0.15) is 0 Å². The Morgan fingerprint density at radius 2 is 0.676 bits per heavy atom. The summed E-state index contributed by atoms with van der Waals surface area (Å²) in [5.74, 6) is 0. The van der Waals surface area contributed by atoms with Crippen molar-refractivity contribution in [3.05, 3.63) is 21.9 Å². The first-order valence-corrected chi connectivity index (χ1v) is 18.3. The van der Waals surface area contributed by atoms with Gasteiger partial charge in [-0.05, 0) is 42.7 Å². The number of aryl methyl sites for hydroxylation is 2. The van der Waals surface area contributed by atoms with Gasteiger partial charge in [0.15, 0.2) is 0 Å². The summed E-state index contributed by atoms with van der Waals surface area (Å²) in [6.45, 7) is 4.61. The third-order valence-corrected chi connectivity index (χ3v) is 9.42. The fourth-order valence-electron chi connectivity index (χ4n) is 5.80. The second-order valence-corrected chi connectivity index (χ2v) is 13.1. The van der Waals surface area contributed by atoms with Crippen LogP contribution in [0.3, 0.4) is 0 Å². The third-order valence-electron chi connectivity index (χ3n) is 8.39. The van der Waals surface area contributed by atoms with Crippen molar-refractivity contribution in [1.29, 1.82) is 0 Å². The molecule has 0 nitrogen and oxygen atoms in total. The van der Waals surface area contributed by atoms with Crippen LogP contribution >= 0.6 is 11.3 Å². The average Bonchev–Trinajstić information content (AvgIpc) is 3.36. The van der Waals surface area contributed by atoms with Crippen LogP contribution in [0.2, 0.25) is 0 Å². The molecule has 0 aliphatic carbocycles. The van der Waals surface area contributed by atoms with Gasteiger partial charge >= 0.3 is 0 Å². The molecule has 37 heavy (non-hydrogen) atoms. The highest BCUT2D eigenvalue weighted by Gasteiger charge is 2.04. The van der Waals surface area contributed by atoms with E-state index in [-0.39, 0.29) is 0 Å². The summed E-state index contributed by atoms with van der Waals surface area (Å²) in [5, 5.41) is 2.35. The van der Waals surface area contributed by atoms with Gasteiger partial charge in [-0.1, -0.05) is 181 Å². The van der Waals surface area contributed by atoms with E-state index in [0.717, 1.165) is 0 Å². The number of thiophene rings is 1. The Kier molecular flexibility index (Phi) is 26.9. The minimum atomic E-state index is 1.33. The van der Waals surface area contributed by atoms with E-state index in [9.17, 15) is 0 Å². The van der Waals surface area contributed by atoms with Crippen molar-refractivity contribution >= 4 is 11.3 Å². The Labute approximate surface area is 239 Å². The topological polar surface area (TPSA) is 0 Å². The van der Waals surface area contributed by atoms with E-state index in [1.807, 2.05) is 11.3 Å². The molecule has 1 heteroatoms. The Bertz CT molecular complexity index is 498. The molecule has 0 amide bonds. The lowest BCUT2D eigenvalue weighted by Gasteiger charge is -2.06. The first kappa shape index (κ1) is 34.7. The lowest BCUT2D eigenvalue weighted by atomic mass is 10.0. The predicted octanol–water partition coefficient (Wildman–Crippen LogP) is 13.8. The average molecular weight is 533 g/mol. The van der Waals surface area contributed by atoms with Crippen LogP contribution in [0.25, 0.3) is 0 Å². The molecule has 0 saturated carbocycles. The van der Waals surface area contributed by atoms with Crippen LogP contribution in [-0.2, 0) is 12.8 Å². The smallest absolute Gasteiger partial charge is 0.00772 e. The Hall–Kier alpha value is -0.300. The zero-order chi connectivity index (χ0) is 26.5. The molecule has 1 aromatic heterocycles. The molecule has 0 unspecified atom stereocenters. The first-order chi connectivity index (χ1) is 18.4. The summed E-state index contributed by atoms with van der Waals surface area (Å²) in [6, 6.07) is 2.42. The molecule has 0 N–H and O–H groups in total.